The lowest BCUT2D eigenvalue weighted by Crippen LogP contribution is -2.61. The van der Waals surface area contributed by atoms with Crippen LogP contribution in [0.5, 0.6) is 5.75 Å². The lowest BCUT2D eigenvalue weighted by molar-refractivity contribution is -0.110. The molecule has 1 aliphatic rings. The normalized spacial score (nSPS) is 20.2. The molecule has 18 heavy (non-hydrogen) atoms. The number of hydrogen-bond acceptors (Lipinski definition) is 4. The van der Waals surface area contributed by atoms with Gasteiger partial charge in [0.05, 0.1) is 18.8 Å². The van der Waals surface area contributed by atoms with Gasteiger partial charge in [-0.1, -0.05) is 19.1 Å². The number of benzene rings is 1. The fourth-order valence-corrected chi connectivity index (χ4v) is 2.34. The average molecular weight is 251 g/mol. The van der Waals surface area contributed by atoms with Crippen LogP contribution in [0.25, 0.3) is 0 Å². The monoisotopic (exact) mass is 251 g/mol. The van der Waals surface area contributed by atoms with Crippen LogP contribution in [0, 0.1) is 0 Å². The summed E-state index contributed by atoms with van der Waals surface area (Å²) in [5.74, 6) is 0.750. The Morgan fingerprint density at radius 2 is 2.17 bits per heavy atom. The lowest BCUT2D eigenvalue weighted by atomic mass is 9.90. The van der Waals surface area contributed by atoms with Gasteiger partial charge < -0.3 is 14.9 Å². The number of ether oxygens (including phenoxy) is 1. The molecule has 1 aromatic carbocycles. The smallest absolute Gasteiger partial charge is 0.119 e. The molecule has 0 amide bonds. The number of β-amino-alcohol motifs (C(OH)–C–C–N with tert-alkyl or cyclic N) is 2. The van der Waals surface area contributed by atoms with Crippen molar-refractivity contribution >= 4 is 0 Å². The van der Waals surface area contributed by atoms with Gasteiger partial charge in [0.15, 0.2) is 0 Å². The molecule has 100 valence electrons. The zero-order valence-electron chi connectivity index (χ0n) is 11.0. The van der Waals surface area contributed by atoms with Crippen molar-refractivity contribution in [3.63, 3.8) is 0 Å². The van der Waals surface area contributed by atoms with Gasteiger partial charge in [-0.25, -0.2) is 0 Å². The van der Waals surface area contributed by atoms with Gasteiger partial charge in [0, 0.05) is 19.6 Å². The molecule has 2 rings (SSSR count). The SMILES string of the molecule is CCC1(O)CN(CC(O)c2cccc(OC)c2)C1. The second-order valence-electron chi connectivity index (χ2n) is 5.04. The molecule has 0 saturated carbocycles. The molecule has 1 aromatic rings. The van der Waals surface area contributed by atoms with Crippen LogP contribution in [0.15, 0.2) is 24.3 Å². The van der Waals surface area contributed by atoms with Crippen molar-refractivity contribution in [1.29, 1.82) is 0 Å². The number of aliphatic hydroxyl groups excluding tert-OH is 1. The van der Waals surface area contributed by atoms with E-state index in [1.807, 2.05) is 31.2 Å². The number of aliphatic hydroxyl groups is 2. The molecule has 1 saturated heterocycles. The average Bonchev–Trinajstić information content (AvgIpc) is 2.36. The van der Waals surface area contributed by atoms with E-state index in [1.165, 1.54) is 0 Å². The quantitative estimate of drug-likeness (QED) is 0.825. The second-order valence-corrected chi connectivity index (χ2v) is 5.04. The largest absolute Gasteiger partial charge is 0.497 e. The van der Waals surface area contributed by atoms with E-state index in [-0.39, 0.29) is 0 Å². The van der Waals surface area contributed by atoms with E-state index >= 15 is 0 Å². The van der Waals surface area contributed by atoms with Crippen LogP contribution in [-0.4, -0.2) is 47.5 Å². The van der Waals surface area contributed by atoms with Gasteiger partial charge in [-0.05, 0) is 24.1 Å². The maximum absolute atomic E-state index is 10.1. The van der Waals surface area contributed by atoms with Gasteiger partial charge in [-0.15, -0.1) is 0 Å². The summed E-state index contributed by atoms with van der Waals surface area (Å²) in [6.07, 6.45) is 0.222. The fourth-order valence-electron chi connectivity index (χ4n) is 2.34. The van der Waals surface area contributed by atoms with Crippen molar-refractivity contribution in [1.82, 2.24) is 4.90 Å². The van der Waals surface area contributed by atoms with Crippen LogP contribution in [0.2, 0.25) is 0 Å². The summed E-state index contributed by atoms with van der Waals surface area (Å²) >= 11 is 0. The first-order valence-corrected chi connectivity index (χ1v) is 6.33. The maximum Gasteiger partial charge on any atom is 0.119 e. The summed E-state index contributed by atoms with van der Waals surface area (Å²) in [7, 11) is 1.61. The summed E-state index contributed by atoms with van der Waals surface area (Å²) in [6, 6.07) is 7.46. The van der Waals surface area contributed by atoms with Crippen molar-refractivity contribution in [2.75, 3.05) is 26.7 Å². The van der Waals surface area contributed by atoms with Crippen molar-refractivity contribution < 1.29 is 14.9 Å². The minimum Gasteiger partial charge on any atom is -0.497 e. The summed E-state index contributed by atoms with van der Waals surface area (Å²) in [5.41, 5.74) is 0.301. The zero-order valence-corrected chi connectivity index (χ0v) is 11.0. The third-order valence-electron chi connectivity index (χ3n) is 3.60. The molecule has 0 spiro atoms. The van der Waals surface area contributed by atoms with Gasteiger partial charge >= 0.3 is 0 Å². The van der Waals surface area contributed by atoms with Crippen LogP contribution in [0.1, 0.15) is 25.0 Å². The molecular weight excluding hydrogens is 230 g/mol. The van der Waals surface area contributed by atoms with E-state index in [1.54, 1.807) is 7.11 Å². The minimum atomic E-state index is -0.548. The van der Waals surface area contributed by atoms with E-state index in [2.05, 4.69) is 4.90 Å². The molecule has 4 heteroatoms. The molecule has 1 unspecified atom stereocenters. The maximum atomic E-state index is 10.1. The van der Waals surface area contributed by atoms with E-state index < -0.39 is 11.7 Å². The Labute approximate surface area is 108 Å². The lowest BCUT2D eigenvalue weighted by Gasteiger charge is -2.46. The van der Waals surface area contributed by atoms with Crippen molar-refractivity contribution in [3.05, 3.63) is 29.8 Å². The molecule has 2 N–H and O–H groups in total. The Hall–Kier alpha value is -1.10. The minimum absolute atomic E-state index is 0.540. The van der Waals surface area contributed by atoms with Crippen LogP contribution in [0.4, 0.5) is 0 Å². The van der Waals surface area contributed by atoms with E-state index in [0.29, 0.717) is 19.6 Å². The third kappa shape index (κ3) is 2.83. The third-order valence-corrected chi connectivity index (χ3v) is 3.60. The number of hydrogen-bond donors (Lipinski definition) is 2. The van der Waals surface area contributed by atoms with Crippen molar-refractivity contribution in [2.24, 2.45) is 0 Å². The summed E-state index contributed by atoms with van der Waals surface area (Å²) in [6.45, 7) is 3.82. The van der Waals surface area contributed by atoms with E-state index in [4.69, 9.17) is 4.74 Å². The molecule has 1 heterocycles. The Morgan fingerprint density at radius 1 is 1.44 bits per heavy atom. The Balaban J connectivity index is 1.90. The second kappa shape index (κ2) is 5.26. The molecule has 0 aromatic heterocycles. The van der Waals surface area contributed by atoms with Gasteiger partial charge in [-0.2, -0.15) is 0 Å². The molecule has 1 aliphatic heterocycles. The molecule has 1 atom stereocenters. The topological polar surface area (TPSA) is 52.9 Å². The predicted molar refractivity (Wildman–Crippen MR) is 69.6 cm³/mol. The fraction of sp³-hybridized carbons (Fsp3) is 0.571. The summed E-state index contributed by atoms with van der Waals surface area (Å²) in [4.78, 5) is 2.06. The van der Waals surface area contributed by atoms with E-state index in [0.717, 1.165) is 17.7 Å². The van der Waals surface area contributed by atoms with Crippen LogP contribution < -0.4 is 4.74 Å². The Bertz CT molecular complexity index is 402. The van der Waals surface area contributed by atoms with Crippen LogP contribution >= 0.6 is 0 Å². The highest BCUT2D eigenvalue weighted by Crippen LogP contribution is 2.27. The summed E-state index contributed by atoms with van der Waals surface area (Å²) < 4.78 is 5.14. The highest BCUT2D eigenvalue weighted by molar-refractivity contribution is 5.30. The molecule has 0 bridgehead atoms. The number of methoxy groups -OCH3 is 1. The molecule has 0 radical (unpaired) electrons. The van der Waals surface area contributed by atoms with Crippen LogP contribution in [0.3, 0.4) is 0 Å². The Morgan fingerprint density at radius 3 is 2.78 bits per heavy atom. The number of likely N-dealkylation sites (tertiary alicyclic amines) is 1. The molecule has 1 fully saturated rings. The van der Waals surface area contributed by atoms with Gasteiger partial charge in [0.1, 0.15) is 5.75 Å². The standard InChI is InChI=1S/C14H21NO3/c1-3-14(17)9-15(10-14)8-13(16)11-5-4-6-12(7-11)18-2/h4-7,13,16-17H,3,8-10H2,1-2H3. The van der Waals surface area contributed by atoms with Crippen molar-refractivity contribution in [2.45, 2.75) is 25.0 Å². The van der Waals surface area contributed by atoms with Crippen molar-refractivity contribution in [3.8, 4) is 5.75 Å². The molecule has 0 aliphatic carbocycles. The first-order valence-electron chi connectivity index (χ1n) is 6.33. The Kier molecular flexibility index (Phi) is 3.90. The summed E-state index contributed by atoms with van der Waals surface area (Å²) in [5, 5.41) is 20.1. The van der Waals surface area contributed by atoms with Gasteiger partial charge in [0.2, 0.25) is 0 Å². The zero-order chi connectivity index (χ0) is 13.2. The first kappa shape index (κ1) is 13.3. The van der Waals surface area contributed by atoms with E-state index in [9.17, 15) is 10.2 Å². The van der Waals surface area contributed by atoms with Crippen LogP contribution in [-0.2, 0) is 0 Å². The molecular formula is C14H21NO3. The van der Waals surface area contributed by atoms with Gasteiger partial charge in [-0.3, -0.25) is 4.90 Å². The highest BCUT2D eigenvalue weighted by Gasteiger charge is 2.39. The molecule has 4 nitrogen and oxygen atoms in total. The highest BCUT2D eigenvalue weighted by atomic mass is 16.5. The van der Waals surface area contributed by atoms with Gasteiger partial charge in [0.25, 0.3) is 0 Å². The first-order chi connectivity index (χ1) is 8.56. The predicted octanol–water partition coefficient (Wildman–Crippen LogP) is 1.19. The number of nitrogens with zero attached hydrogens (tertiary/aromatic N) is 1. The number of rotatable bonds is 5.